The molecule has 4 nitrogen and oxygen atoms in total. The lowest BCUT2D eigenvalue weighted by atomic mass is 9.60. The van der Waals surface area contributed by atoms with E-state index in [2.05, 4.69) is 9.47 Å². The number of hydrogen-bond donors (Lipinski definition) is 0. The van der Waals surface area contributed by atoms with E-state index in [0.717, 1.165) is 0 Å². The van der Waals surface area contributed by atoms with Crippen LogP contribution in [0.1, 0.15) is 51.4 Å². The summed E-state index contributed by atoms with van der Waals surface area (Å²) < 4.78 is 8.86. The van der Waals surface area contributed by atoms with E-state index in [-0.39, 0.29) is 11.9 Å². The lowest BCUT2D eigenvalue weighted by Crippen LogP contribution is -2.34. The summed E-state index contributed by atoms with van der Waals surface area (Å²) >= 11 is 0. The van der Waals surface area contributed by atoms with Crippen LogP contribution in [0, 0.1) is 11.8 Å². The average Bonchev–Trinajstić information content (AvgIpc) is 2.38. The molecule has 4 heteroatoms. The first-order valence-electron chi connectivity index (χ1n) is 6.81. The highest BCUT2D eigenvalue weighted by Gasteiger charge is 2.37. The highest BCUT2D eigenvalue weighted by atomic mass is 16.5. The van der Waals surface area contributed by atoms with Gasteiger partial charge in [-0.1, -0.05) is 0 Å². The topological polar surface area (TPSA) is 52.6 Å². The molecule has 0 aromatic carbocycles. The van der Waals surface area contributed by atoms with Crippen LogP contribution in [0.25, 0.3) is 0 Å². The average molecular weight is 256 g/mol. The molecule has 0 bridgehead atoms. The van der Waals surface area contributed by atoms with E-state index in [9.17, 15) is 9.59 Å². The second-order valence-electron chi connectivity index (χ2n) is 5.03. The number of carbonyl (C=O) groups is 2. The van der Waals surface area contributed by atoms with Crippen LogP contribution in [0.5, 0.6) is 0 Å². The molecule has 0 aromatic heterocycles. The van der Waals surface area contributed by atoms with E-state index in [4.69, 9.17) is 0 Å². The van der Waals surface area contributed by atoms with Crippen molar-refractivity contribution in [2.75, 3.05) is 14.2 Å². The molecule has 0 spiro atoms. The van der Waals surface area contributed by atoms with Crippen molar-refractivity contribution in [3.05, 3.63) is 0 Å². The van der Waals surface area contributed by atoms with Crippen LogP contribution < -0.4 is 0 Å². The molecule has 2 aliphatic carbocycles. The summed E-state index contributed by atoms with van der Waals surface area (Å²) in [5.74, 6) is 1.95. The van der Waals surface area contributed by atoms with Gasteiger partial charge >= 0.3 is 11.9 Å². The van der Waals surface area contributed by atoms with Gasteiger partial charge < -0.3 is 9.47 Å². The Hall–Kier alpha value is -1.06. The van der Waals surface area contributed by atoms with E-state index in [1.54, 1.807) is 25.7 Å². The zero-order valence-electron chi connectivity index (χ0n) is 11.4. The maximum atomic E-state index is 10.6. The molecule has 0 aliphatic heterocycles. The lowest BCUT2D eigenvalue weighted by molar-refractivity contribution is -0.142. The van der Waals surface area contributed by atoms with Gasteiger partial charge in [0.05, 0.1) is 14.2 Å². The maximum Gasteiger partial charge on any atom is 0.305 e. The fraction of sp³-hybridized carbons (Fsp3) is 0.857. The zero-order valence-corrected chi connectivity index (χ0v) is 11.4. The maximum absolute atomic E-state index is 10.6. The summed E-state index contributed by atoms with van der Waals surface area (Å²) in [6, 6.07) is 0. The van der Waals surface area contributed by atoms with E-state index in [0.29, 0.717) is 25.7 Å². The molecule has 0 saturated heterocycles. The Morgan fingerprint density at radius 2 is 1.17 bits per heavy atom. The number of esters is 2. The summed E-state index contributed by atoms with van der Waals surface area (Å²) in [5.41, 5.74) is 0. The second kappa shape index (κ2) is 8.11. The predicted octanol–water partition coefficient (Wildman–Crippen LogP) is 2.70. The molecule has 0 aromatic rings. The molecule has 0 N–H and O–H groups in total. The largest absolute Gasteiger partial charge is 0.469 e. The van der Waals surface area contributed by atoms with Crippen LogP contribution in [0.4, 0.5) is 0 Å². The number of carbonyl (C=O) groups excluding carboxylic acids is 2. The number of ether oxygens (including phenoxy) is 2. The molecule has 0 atom stereocenters. The molecule has 18 heavy (non-hydrogen) atoms. The van der Waals surface area contributed by atoms with Gasteiger partial charge in [-0.3, -0.25) is 9.59 Å². The summed E-state index contributed by atoms with van der Waals surface area (Å²) in [5, 5.41) is 0. The van der Waals surface area contributed by atoms with Crippen molar-refractivity contribution in [1.29, 1.82) is 0 Å². The van der Waals surface area contributed by atoms with Gasteiger partial charge in [0, 0.05) is 12.8 Å². The molecule has 0 radical (unpaired) electrons. The highest BCUT2D eigenvalue weighted by Crippen LogP contribution is 2.49. The second-order valence-corrected chi connectivity index (χ2v) is 5.03. The van der Waals surface area contributed by atoms with Crippen LogP contribution in [0.3, 0.4) is 0 Å². The first-order valence-corrected chi connectivity index (χ1v) is 6.81. The Bertz CT molecular complexity index is 239. The molecule has 2 saturated carbocycles. The normalized spacial score (nSPS) is 23.4. The van der Waals surface area contributed by atoms with E-state index in [1.807, 2.05) is 0 Å². The van der Waals surface area contributed by atoms with Gasteiger partial charge in [-0.2, -0.15) is 0 Å². The SMILES string of the molecule is C1CC2CCC12.COC(=O)CCCCC(=O)OC. The first-order chi connectivity index (χ1) is 8.67. The molecule has 2 aliphatic rings. The van der Waals surface area contributed by atoms with E-state index < -0.39 is 0 Å². The fourth-order valence-electron chi connectivity index (χ4n) is 2.31. The molecular weight excluding hydrogens is 232 g/mol. The standard InChI is InChI=1S/C8H14O4.C6H10/c1-11-7(9)5-3-4-6-8(10)12-2;1-2-6-4-3-5(1)6/h3-6H2,1-2H3;5-6H,1-4H2. The first kappa shape index (κ1) is 15.0. The predicted molar refractivity (Wildman–Crippen MR) is 67.9 cm³/mol. The van der Waals surface area contributed by atoms with Crippen molar-refractivity contribution in [3.63, 3.8) is 0 Å². The molecular formula is C14H24O4. The number of fused-ring (bicyclic) bond motifs is 1. The van der Waals surface area contributed by atoms with Crippen LogP contribution in [0.2, 0.25) is 0 Å². The zero-order chi connectivity index (χ0) is 13.4. The van der Waals surface area contributed by atoms with E-state index >= 15 is 0 Å². The summed E-state index contributed by atoms with van der Waals surface area (Å²) in [7, 11) is 2.70. The monoisotopic (exact) mass is 256 g/mol. The molecule has 2 fully saturated rings. The van der Waals surface area contributed by atoms with Gasteiger partial charge in [0.15, 0.2) is 0 Å². The van der Waals surface area contributed by atoms with Gasteiger partial charge in [-0.25, -0.2) is 0 Å². The third-order valence-electron chi connectivity index (χ3n) is 3.95. The van der Waals surface area contributed by atoms with Crippen LogP contribution in [-0.4, -0.2) is 26.2 Å². The molecule has 0 heterocycles. The van der Waals surface area contributed by atoms with Crippen molar-refractivity contribution in [2.24, 2.45) is 11.8 Å². The van der Waals surface area contributed by atoms with Crippen LogP contribution >= 0.6 is 0 Å². The fourth-order valence-corrected chi connectivity index (χ4v) is 2.31. The van der Waals surface area contributed by atoms with Gasteiger partial charge in [0.1, 0.15) is 0 Å². The minimum absolute atomic E-state index is 0.236. The van der Waals surface area contributed by atoms with Crippen molar-refractivity contribution in [1.82, 2.24) is 0 Å². The van der Waals surface area contributed by atoms with Crippen molar-refractivity contribution in [2.45, 2.75) is 51.4 Å². The molecule has 0 amide bonds. The number of rotatable bonds is 5. The van der Waals surface area contributed by atoms with Crippen molar-refractivity contribution in [3.8, 4) is 0 Å². The van der Waals surface area contributed by atoms with Gasteiger partial charge in [-0.15, -0.1) is 0 Å². The number of hydrogen-bond acceptors (Lipinski definition) is 4. The summed E-state index contributed by atoms with van der Waals surface area (Å²) in [6.45, 7) is 0. The quantitative estimate of drug-likeness (QED) is 0.560. The molecule has 104 valence electrons. The summed E-state index contributed by atoms with van der Waals surface area (Å²) in [4.78, 5) is 21.2. The smallest absolute Gasteiger partial charge is 0.305 e. The third kappa shape index (κ3) is 5.07. The Kier molecular flexibility index (Phi) is 6.76. The van der Waals surface area contributed by atoms with Crippen molar-refractivity contribution >= 4 is 11.9 Å². The lowest BCUT2D eigenvalue weighted by Gasteiger charge is -2.46. The Morgan fingerprint density at radius 1 is 0.833 bits per heavy atom. The minimum atomic E-state index is -0.236. The van der Waals surface area contributed by atoms with Gasteiger partial charge in [0.2, 0.25) is 0 Å². The highest BCUT2D eigenvalue weighted by molar-refractivity contribution is 5.70. The van der Waals surface area contributed by atoms with Crippen LogP contribution in [-0.2, 0) is 19.1 Å². The van der Waals surface area contributed by atoms with Crippen LogP contribution in [0.15, 0.2) is 0 Å². The molecule has 2 rings (SSSR count). The van der Waals surface area contributed by atoms with Crippen molar-refractivity contribution < 1.29 is 19.1 Å². The van der Waals surface area contributed by atoms with E-state index in [1.165, 1.54) is 26.1 Å². The Labute approximate surface area is 109 Å². The van der Waals surface area contributed by atoms with Gasteiger partial charge in [-0.05, 0) is 50.4 Å². The number of methoxy groups -OCH3 is 2. The Morgan fingerprint density at radius 3 is 1.33 bits per heavy atom. The Balaban J connectivity index is 0.000000217. The molecule has 0 unspecified atom stereocenters. The third-order valence-corrected chi connectivity index (χ3v) is 3.95. The number of unbranched alkanes of at least 4 members (excludes halogenated alkanes) is 1. The summed E-state index contributed by atoms with van der Waals surface area (Å²) in [6.07, 6.45) is 8.31. The minimum Gasteiger partial charge on any atom is -0.469 e. The van der Waals surface area contributed by atoms with Gasteiger partial charge in [0.25, 0.3) is 0 Å².